The zero-order valence-corrected chi connectivity index (χ0v) is 24.3. The highest BCUT2D eigenvalue weighted by molar-refractivity contribution is 7.99. The first-order valence-electron chi connectivity index (χ1n) is 13.2. The molecule has 4 rings (SSSR count). The molecule has 2 aromatic carbocycles. The number of carbonyl (C=O) groups excluding carboxylic acids is 2. The first-order chi connectivity index (χ1) is 19.3. The van der Waals surface area contributed by atoms with Gasteiger partial charge < -0.3 is 19.9 Å². The van der Waals surface area contributed by atoms with E-state index in [2.05, 4.69) is 10.2 Å². The smallest absolute Gasteiger partial charge is 0.411 e. The lowest BCUT2D eigenvalue weighted by atomic mass is 10.1. The maximum atomic E-state index is 13.0. The monoisotopic (exact) mass is 609 g/mol. The highest BCUT2D eigenvalue weighted by atomic mass is 35.5. The number of hydrogen-bond donors (Lipinski definition) is 2. The van der Waals surface area contributed by atoms with Crippen LogP contribution in [0.1, 0.15) is 30.4 Å². The van der Waals surface area contributed by atoms with Crippen LogP contribution in [0.25, 0.3) is 0 Å². The van der Waals surface area contributed by atoms with Crippen LogP contribution >= 0.6 is 35.0 Å². The molecule has 40 heavy (non-hydrogen) atoms. The molecule has 0 aromatic heterocycles. The Labute approximate surface area is 248 Å². The summed E-state index contributed by atoms with van der Waals surface area (Å²) in [6, 6.07) is 10.2. The van der Waals surface area contributed by atoms with Gasteiger partial charge in [0.05, 0.1) is 5.88 Å². The van der Waals surface area contributed by atoms with E-state index in [0.29, 0.717) is 45.1 Å². The van der Waals surface area contributed by atoms with Crippen molar-refractivity contribution >= 4 is 52.9 Å². The van der Waals surface area contributed by atoms with E-state index >= 15 is 0 Å². The first kappa shape index (κ1) is 30.3. The summed E-state index contributed by atoms with van der Waals surface area (Å²) in [4.78, 5) is 41.3. The number of amides is 2. The molecule has 2 aliphatic rings. The largest absolute Gasteiger partial charge is 0.489 e. The summed E-state index contributed by atoms with van der Waals surface area (Å²) in [5.74, 6) is -0.418. The third-order valence-corrected chi connectivity index (χ3v) is 8.64. The molecule has 2 aromatic rings. The Morgan fingerprint density at radius 3 is 2.42 bits per heavy atom. The molecule has 2 heterocycles. The number of benzene rings is 2. The lowest BCUT2D eigenvalue weighted by Crippen LogP contribution is -2.52. The molecule has 0 unspecified atom stereocenters. The van der Waals surface area contributed by atoms with Crippen molar-refractivity contribution in [3.8, 4) is 5.75 Å². The molecule has 0 radical (unpaired) electrons. The average Bonchev–Trinajstić information content (AvgIpc) is 3.44. The standard InChI is InChI=1S/C28H33Cl2N3O6S/c29-22-5-4-6-23(30)21(22)16-39-20-9-7-19(8-10-20)15-24(27(35)36)31-26(34)25-17-40-18-33(25)28(37)38-14-13-32-11-2-1-3-12-32/h4-10,24-25H,1-3,11-18H2,(H,31,34)(H,35,36)/t24-,25+/m0/s1. The number of rotatable bonds is 11. The predicted octanol–water partition coefficient (Wildman–Crippen LogP) is 4.68. The summed E-state index contributed by atoms with van der Waals surface area (Å²) >= 11 is 13.8. The minimum Gasteiger partial charge on any atom is -0.489 e. The van der Waals surface area contributed by atoms with Gasteiger partial charge in [-0.05, 0) is 55.8 Å². The Morgan fingerprint density at radius 1 is 1.05 bits per heavy atom. The molecule has 0 aliphatic carbocycles. The van der Waals surface area contributed by atoms with E-state index in [9.17, 15) is 19.5 Å². The van der Waals surface area contributed by atoms with Crippen LogP contribution < -0.4 is 10.1 Å². The Kier molecular flexibility index (Phi) is 11.2. The Balaban J connectivity index is 1.27. The normalized spacial score (nSPS) is 18.2. The summed E-state index contributed by atoms with van der Waals surface area (Å²) in [6.07, 6.45) is 3.05. The predicted molar refractivity (Wildman–Crippen MR) is 155 cm³/mol. The SMILES string of the molecule is O=C(O)[C@H](Cc1ccc(OCc2c(Cl)cccc2Cl)cc1)NC(=O)[C@H]1CSCN1C(=O)OCCN1CCCCC1. The minimum absolute atomic E-state index is 0.0673. The number of carbonyl (C=O) groups is 3. The van der Waals surface area contributed by atoms with Gasteiger partial charge in [-0.15, -0.1) is 11.8 Å². The van der Waals surface area contributed by atoms with Gasteiger partial charge in [0.2, 0.25) is 5.91 Å². The summed E-state index contributed by atoms with van der Waals surface area (Å²) in [7, 11) is 0. The molecular weight excluding hydrogens is 577 g/mol. The number of nitrogens with one attached hydrogen (secondary N) is 1. The molecule has 0 spiro atoms. The van der Waals surface area contributed by atoms with Crippen molar-refractivity contribution in [1.29, 1.82) is 0 Å². The summed E-state index contributed by atoms with van der Waals surface area (Å²) in [5.41, 5.74) is 1.37. The number of hydrogen-bond acceptors (Lipinski definition) is 7. The molecule has 0 bridgehead atoms. The van der Waals surface area contributed by atoms with Crippen molar-refractivity contribution in [3.63, 3.8) is 0 Å². The van der Waals surface area contributed by atoms with Gasteiger partial charge in [0.1, 0.15) is 31.0 Å². The van der Waals surface area contributed by atoms with Crippen molar-refractivity contribution in [1.82, 2.24) is 15.1 Å². The van der Waals surface area contributed by atoms with Crippen LogP contribution in [-0.4, -0.2) is 82.8 Å². The van der Waals surface area contributed by atoms with Crippen LogP contribution in [0.15, 0.2) is 42.5 Å². The van der Waals surface area contributed by atoms with Gasteiger partial charge in [0, 0.05) is 34.3 Å². The summed E-state index contributed by atoms with van der Waals surface area (Å²) < 4.78 is 11.2. The van der Waals surface area contributed by atoms with Gasteiger partial charge in [-0.3, -0.25) is 14.6 Å². The van der Waals surface area contributed by atoms with E-state index < -0.39 is 30.1 Å². The highest BCUT2D eigenvalue weighted by Crippen LogP contribution is 2.26. The fraction of sp³-hybridized carbons (Fsp3) is 0.464. The van der Waals surface area contributed by atoms with Crippen LogP contribution in [0.2, 0.25) is 10.0 Å². The molecule has 2 amide bonds. The molecule has 12 heteroatoms. The molecule has 0 saturated carbocycles. The van der Waals surface area contributed by atoms with Gasteiger partial charge in [-0.1, -0.05) is 47.8 Å². The second kappa shape index (κ2) is 14.8. The number of nitrogens with zero attached hydrogens (tertiary/aromatic N) is 2. The minimum atomic E-state index is -1.16. The van der Waals surface area contributed by atoms with E-state index in [1.54, 1.807) is 42.5 Å². The number of thioether (sulfide) groups is 1. The van der Waals surface area contributed by atoms with Crippen molar-refractivity contribution in [2.45, 2.75) is 44.4 Å². The maximum absolute atomic E-state index is 13.0. The van der Waals surface area contributed by atoms with Gasteiger partial charge in [0.25, 0.3) is 0 Å². The Hall–Kier alpha value is -2.66. The van der Waals surface area contributed by atoms with E-state index in [0.717, 1.165) is 25.9 Å². The van der Waals surface area contributed by atoms with Crippen LogP contribution in [0.4, 0.5) is 4.79 Å². The molecule has 2 N–H and O–H groups in total. The fourth-order valence-corrected chi connectivity index (χ4v) is 6.27. The van der Waals surface area contributed by atoms with Crippen molar-refractivity contribution in [2.75, 3.05) is 37.9 Å². The van der Waals surface area contributed by atoms with Crippen LogP contribution in [0.5, 0.6) is 5.75 Å². The Bertz CT molecular complexity index is 1160. The van der Waals surface area contributed by atoms with Gasteiger partial charge in [-0.2, -0.15) is 0 Å². The van der Waals surface area contributed by atoms with E-state index in [4.69, 9.17) is 32.7 Å². The second-order valence-corrected chi connectivity index (χ2v) is 11.6. The second-order valence-electron chi connectivity index (χ2n) is 9.74. The number of halogens is 2. The number of likely N-dealkylation sites (tertiary alicyclic amines) is 1. The van der Waals surface area contributed by atoms with E-state index in [1.807, 2.05) is 0 Å². The zero-order valence-electron chi connectivity index (χ0n) is 22.0. The summed E-state index contributed by atoms with van der Waals surface area (Å²) in [5, 5.41) is 13.4. The lowest BCUT2D eigenvalue weighted by molar-refractivity contribution is -0.142. The number of aliphatic carboxylic acids is 1. The van der Waals surface area contributed by atoms with Gasteiger partial charge in [-0.25, -0.2) is 9.59 Å². The van der Waals surface area contributed by atoms with Crippen molar-refractivity contribution in [3.05, 3.63) is 63.6 Å². The van der Waals surface area contributed by atoms with Gasteiger partial charge in [0.15, 0.2) is 0 Å². The highest BCUT2D eigenvalue weighted by Gasteiger charge is 2.37. The average molecular weight is 611 g/mol. The molecule has 2 fully saturated rings. The fourth-order valence-electron chi connectivity index (χ4n) is 4.62. The lowest BCUT2D eigenvalue weighted by Gasteiger charge is -2.27. The third kappa shape index (κ3) is 8.42. The van der Waals surface area contributed by atoms with Crippen molar-refractivity contribution in [2.24, 2.45) is 0 Å². The molecule has 216 valence electrons. The zero-order chi connectivity index (χ0) is 28.5. The molecule has 2 saturated heterocycles. The van der Waals surface area contributed by atoms with E-state index in [1.165, 1.54) is 23.1 Å². The maximum Gasteiger partial charge on any atom is 0.411 e. The van der Waals surface area contributed by atoms with Crippen LogP contribution in [-0.2, 0) is 27.4 Å². The molecule has 2 atom stereocenters. The molecule has 2 aliphatic heterocycles. The molecular formula is C28H33Cl2N3O6S. The van der Waals surface area contributed by atoms with E-state index in [-0.39, 0.29) is 19.6 Å². The van der Waals surface area contributed by atoms with Crippen LogP contribution in [0, 0.1) is 0 Å². The van der Waals surface area contributed by atoms with Crippen LogP contribution in [0.3, 0.4) is 0 Å². The quantitative estimate of drug-likeness (QED) is 0.378. The number of carboxylic acid groups (broad SMARTS) is 1. The van der Waals surface area contributed by atoms with Gasteiger partial charge >= 0.3 is 12.1 Å². The first-order valence-corrected chi connectivity index (χ1v) is 15.1. The topological polar surface area (TPSA) is 108 Å². The molecule has 9 nitrogen and oxygen atoms in total. The van der Waals surface area contributed by atoms with Crippen molar-refractivity contribution < 1.29 is 29.0 Å². The number of piperidine rings is 1. The number of ether oxygens (including phenoxy) is 2. The third-order valence-electron chi connectivity index (χ3n) is 6.92. The Morgan fingerprint density at radius 2 is 1.75 bits per heavy atom. The summed E-state index contributed by atoms with van der Waals surface area (Å²) in [6.45, 7) is 3.12. The number of carboxylic acids is 1.